The Balaban J connectivity index is 1.47. The molecule has 1 aliphatic heterocycles. The molecule has 0 unspecified atom stereocenters. The van der Waals surface area contributed by atoms with Crippen molar-refractivity contribution in [2.45, 2.75) is 38.0 Å². The maximum absolute atomic E-state index is 13.6. The number of nitrogens with zero attached hydrogens (tertiary/aromatic N) is 2. The Hall–Kier alpha value is -2.08. The lowest BCUT2D eigenvalue weighted by atomic mass is 9.77. The van der Waals surface area contributed by atoms with Gasteiger partial charge < -0.3 is 14.2 Å². The van der Waals surface area contributed by atoms with Gasteiger partial charge in [0.2, 0.25) is 5.91 Å². The molecule has 0 atom stereocenters. The topological polar surface area (TPSA) is 53.8 Å². The largest absolute Gasteiger partial charge is 0.456 e. The van der Waals surface area contributed by atoms with Crippen LogP contribution in [0.4, 0.5) is 0 Å². The number of halogens is 1. The van der Waals surface area contributed by atoms with Crippen molar-refractivity contribution in [2.24, 2.45) is 0 Å². The van der Waals surface area contributed by atoms with Gasteiger partial charge in [0, 0.05) is 30.7 Å². The lowest BCUT2D eigenvalue weighted by molar-refractivity contribution is -0.138. The highest BCUT2D eigenvalue weighted by Gasteiger charge is 2.45. The van der Waals surface area contributed by atoms with Crippen molar-refractivity contribution in [3.05, 3.63) is 58.0 Å². The van der Waals surface area contributed by atoms with Crippen LogP contribution in [-0.2, 0) is 10.2 Å². The number of amides is 2. The molecule has 2 amide bonds. The third kappa shape index (κ3) is 3.50. The van der Waals surface area contributed by atoms with E-state index in [-0.39, 0.29) is 11.8 Å². The highest BCUT2D eigenvalue weighted by molar-refractivity contribution is 9.10. The van der Waals surface area contributed by atoms with Crippen LogP contribution in [0.2, 0.25) is 0 Å². The van der Waals surface area contributed by atoms with Crippen LogP contribution < -0.4 is 0 Å². The minimum absolute atomic E-state index is 0.0947. The van der Waals surface area contributed by atoms with Crippen molar-refractivity contribution in [1.82, 2.24) is 9.80 Å². The molecule has 2 aromatic rings. The molecule has 28 heavy (non-hydrogen) atoms. The van der Waals surface area contributed by atoms with Gasteiger partial charge in [0.05, 0.1) is 5.41 Å². The standard InChI is InChI=1S/C22H25BrN2O3/c1-16-7-8-19(28-16)20(26)24-11-13-25(14-12-24)21(27)22(9-2-3-10-22)17-5-4-6-18(23)15-17/h4-8,15H,2-3,9-14H2,1H3. The Morgan fingerprint density at radius 1 is 1.00 bits per heavy atom. The lowest BCUT2D eigenvalue weighted by Gasteiger charge is -2.40. The number of piperazine rings is 1. The van der Waals surface area contributed by atoms with Gasteiger partial charge in [0.15, 0.2) is 5.76 Å². The quantitative estimate of drug-likeness (QED) is 0.714. The van der Waals surface area contributed by atoms with Crippen molar-refractivity contribution >= 4 is 27.7 Å². The van der Waals surface area contributed by atoms with Crippen LogP contribution in [0.15, 0.2) is 45.3 Å². The third-order valence-electron chi connectivity index (χ3n) is 6.05. The smallest absolute Gasteiger partial charge is 0.289 e. The molecular formula is C22H25BrN2O3. The maximum Gasteiger partial charge on any atom is 0.289 e. The molecule has 0 bridgehead atoms. The van der Waals surface area contributed by atoms with E-state index in [1.165, 1.54) is 0 Å². The second-order valence-electron chi connectivity index (χ2n) is 7.79. The fraction of sp³-hybridized carbons (Fsp3) is 0.455. The molecule has 0 spiro atoms. The molecule has 1 saturated heterocycles. The van der Waals surface area contributed by atoms with Crippen LogP contribution in [-0.4, -0.2) is 47.8 Å². The van der Waals surface area contributed by atoms with Crippen LogP contribution in [0.3, 0.4) is 0 Å². The molecule has 148 valence electrons. The predicted octanol–water partition coefficient (Wildman–Crippen LogP) is 4.15. The molecule has 1 aromatic carbocycles. The van der Waals surface area contributed by atoms with Crippen molar-refractivity contribution in [2.75, 3.05) is 26.2 Å². The van der Waals surface area contributed by atoms with E-state index in [0.29, 0.717) is 31.9 Å². The molecule has 5 nitrogen and oxygen atoms in total. The van der Waals surface area contributed by atoms with Gasteiger partial charge >= 0.3 is 0 Å². The number of carbonyl (C=O) groups excluding carboxylic acids is 2. The number of hydrogen-bond donors (Lipinski definition) is 0. The van der Waals surface area contributed by atoms with Crippen molar-refractivity contribution in [3.63, 3.8) is 0 Å². The van der Waals surface area contributed by atoms with E-state index in [9.17, 15) is 9.59 Å². The first-order valence-electron chi connectivity index (χ1n) is 9.91. The molecule has 2 fully saturated rings. The number of benzene rings is 1. The fourth-order valence-electron chi connectivity index (χ4n) is 4.51. The summed E-state index contributed by atoms with van der Waals surface area (Å²) in [4.78, 5) is 29.9. The highest BCUT2D eigenvalue weighted by Crippen LogP contribution is 2.43. The summed E-state index contributed by atoms with van der Waals surface area (Å²) in [7, 11) is 0. The summed E-state index contributed by atoms with van der Waals surface area (Å²) in [6.45, 7) is 4.05. The Bertz CT molecular complexity index is 877. The molecule has 2 aliphatic rings. The van der Waals surface area contributed by atoms with E-state index in [4.69, 9.17) is 4.42 Å². The lowest BCUT2D eigenvalue weighted by Crippen LogP contribution is -2.55. The molecule has 1 saturated carbocycles. The first-order chi connectivity index (χ1) is 13.5. The third-order valence-corrected chi connectivity index (χ3v) is 6.54. The van der Waals surface area contributed by atoms with E-state index in [1.54, 1.807) is 17.0 Å². The summed E-state index contributed by atoms with van der Waals surface area (Å²) < 4.78 is 6.47. The van der Waals surface area contributed by atoms with E-state index < -0.39 is 5.41 Å². The van der Waals surface area contributed by atoms with Crippen LogP contribution in [0, 0.1) is 6.92 Å². The Kier molecular flexibility index (Phi) is 5.32. The second-order valence-corrected chi connectivity index (χ2v) is 8.71. The van der Waals surface area contributed by atoms with Crippen molar-refractivity contribution < 1.29 is 14.0 Å². The average molecular weight is 445 g/mol. The zero-order valence-corrected chi connectivity index (χ0v) is 17.7. The van der Waals surface area contributed by atoms with E-state index in [0.717, 1.165) is 41.5 Å². The predicted molar refractivity (Wildman–Crippen MR) is 110 cm³/mol. The summed E-state index contributed by atoms with van der Waals surface area (Å²) in [5, 5.41) is 0. The van der Waals surface area contributed by atoms with Gasteiger partial charge in [0.25, 0.3) is 5.91 Å². The van der Waals surface area contributed by atoms with E-state index >= 15 is 0 Å². The second kappa shape index (κ2) is 7.74. The summed E-state index contributed by atoms with van der Waals surface area (Å²) in [6, 6.07) is 11.7. The van der Waals surface area contributed by atoms with Gasteiger partial charge in [-0.15, -0.1) is 0 Å². The van der Waals surface area contributed by atoms with Crippen LogP contribution in [0.25, 0.3) is 0 Å². The SMILES string of the molecule is Cc1ccc(C(=O)N2CCN(C(=O)C3(c4cccc(Br)c4)CCCC3)CC2)o1. The van der Waals surface area contributed by atoms with Gasteiger partial charge in [0.1, 0.15) is 5.76 Å². The Labute approximate surface area is 173 Å². The Morgan fingerprint density at radius 3 is 2.29 bits per heavy atom. The van der Waals surface area contributed by atoms with Crippen LogP contribution in [0.1, 0.15) is 47.6 Å². The summed E-state index contributed by atoms with van der Waals surface area (Å²) in [6.07, 6.45) is 3.95. The number of hydrogen-bond acceptors (Lipinski definition) is 3. The molecular weight excluding hydrogens is 420 g/mol. The highest BCUT2D eigenvalue weighted by atomic mass is 79.9. The fourth-order valence-corrected chi connectivity index (χ4v) is 4.91. The first kappa shape index (κ1) is 19.2. The summed E-state index contributed by atoms with van der Waals surface area (Å²) in [5.41, 5.74) is 0.683. The number of aryl methyl sites for hydroxylation is 1. The average Bonchev–Trinajstić information content (AvgIpc) is 3.37. The van der Waals surface area contributed by atoms with Crippen LogP contribution in [0.5, 0.6) is 0 Å². The Morgan fingerprint density at radius 2 is 1.68 bits per heavy atom. The molecule has 0 radical (unpaired) electrons. The molecule has 1 aromatic heterocycles. The number of carbonyl (C=O) groups is 2. The van der Waals surface area contributed by atoms with Gasteiger partial charge in [-0.2, -0.15) is 0 Å². The monoisotopic (exact) mass is 444 g/mol. The number of furan rings is 1. The van der Waals surface area contributed by atoms with Gasteiger partial charge in [-0.05, 0) is 49.6 Å². The normalized spacial score (nSPS) is 19.1. The molecule has 0 N–H and O–H groups in total. The zero-order valence-electron chi connectivity index (χ0n) is 16.1. The van der Waals surface area contributed by atoms with Gasteiger partial charge in [-0.25, -0.2) is 0 Å². The van der Waals surface area contributed by atoms with Gasteiger partial charge in [-0.3, -0.25) is 9.59 Å². The molecule has 6 heteroatoms. The number of rotatable bonds is 3. The van der Waals surface area contributed by atoms with Crippen LogP contribution >= 0.6 is 15.9 Å². The zero-order chi connectivity index (χ0) is 19.7. The van der Waals surface area contributed by atoms with E-state index in [2.05, 4.69) is 28.1 Å². The first-order valence-corrected chi connectivity index (χ1v) is 10.7. The van der Waals surface area contributed by atoms with Crippen molar-refractivity contribution in [1.29, 1.82) is 0 Å². The minimum Gasteiger partial charge on any atom is -0.456 e. The van der Waals surface area contributed by atoms with Gasteiger partial charge in [-0.1, -0.05) is 40.9 Å². The van der Waals surface area contributed by atoms with E-state index in [1.807, 2.05) is 24.0 Å². The summed E-state index contributed by atoms with van der Waals surface area (Å²) in [5.74, 6) is 1.22. The summed E-state index contributed by atoms with van der Waals surface area (Å²) >= 11 is 3.55. The maximum atomic E-state index is 13.6. The molecule has 4 rings (SSSR count). The van der Waals surface area contributed by atoms with Crippen molar-refractivity contribution in [3.8, 4) is 0 Å². The molecule has 1 aliphatic carbocycles. The minimum atomic E-state index is -0.423. The molecule has 2 heterocycles.